The zero-order chi connectivity index (χ0) is 19.0. The summed E-state index contributed by atoms with van der Waals surface area (Å²) in [6, 6.07) is 20.5. The van der Waals surface area contributed by atoms with Crippen molar-refractivity contribution < 1.29 is 18.1 Å². The monoisotopic (exact) mass is 402 g/mol. The summed E-state index contributed by atoms with van der Waals surface area (Å²) in [4.78, 5) is -0.316. The van der Waals surface area contributed by atoms with Crippen LogP contribution in [0.3, 0.4) is 0 Å². The molecule has 0 amide bonds. The average Bonchev–Trinajstić information content (AvgIpc) is 2.66. The molecule has 0 aromatic heterocycles. The van der Waals surface area contributed by atoms with Crippen molar-refractivity contribution in [2.24, 2.45) is 10.2 Å². The first kappa shape index (κ1) is 20.4. The van der Waals surface area contributed by atoms with E-state index < -0.39 is 10.1 Å². The molecule has 8 heteroatoms. The van der Waals surface area contributed by atoms with Crippen molar-refractivity contribution in [3.8, 4) is 5.75 Å². The first-order valence-electron chi connectivity index (χ1n) is 8.07. The van der Waals surface area contributed by atoms with E-state index in [1.165, 1.54) is 12.1 Å². The number of azo groups is 1. The van der Waals surface area contributed by atoms with Gasteiger partial charge in [-0.1, -0.05) is 60.7 Å². The molecule has 4 rings (SSSR count). The van der Waals surface area contributed by atoms with Crippen LogP contribution in [0.2, 0.25) is 0 Å². The van der Waals surface area contributed by atoms with Gasteiger partial charge in [0.25, 0.3) is 10.1 Å². The third-order valence-electron chi connectivity index (χ3n) is 4.25. The van der Waals surface area contributed by atoms with Gasteiger partial charge in [-0.3, -0.25) is 4.55 Å². The van der Waals surface area contributed by atoms with Crippen molar-refractivity contribution in [3.05, 3.63) is 72.8 Å². The number of nitrogens with zero attached hydrogens (tertiary/aromatic N) is 2. The van der Waals surface area contributed by atoms with Crippen LogP contribution in [-0.2, 0) is 10.1 Å². The van der Waals surface area contributed by atoms with E-state index in [2.05, 4.69) is 10.2 Å². The van der Waals surface area contributed by atoms with Crippen LogP contribution in [0.1, 0.15) is 0 Å². The molecule has 4 aromatic rings. The summed E-state index contributed by atoms with van der Waals surface area (Å²) >= 11 is 0. The number of hydrogen-bond donors (Lipinski definition) is 2. The molecule has 0 aliphatic heterocycles. The topological polar surface area (TPSA) is 99.3 Å². The molecule has 2 N–H and O–H groups in total. The quantitative estimate of drug-likeness (QED) is 0.294. The fourth-order valence-electron chi connectivity index (χ4n) is 3.03. The number of phenols is 1. The van der Waals surface area contributed by atoms with E-state index in [0.717, 1.165) is 5.39 Å². The number of benzene rings is 4. The molecule has 0 saturated carbocycles. The van der Waals surface area contributed by atoms with E-state index in [0.29, 0.717) is 16.2 Å². The van der Waals surface area contributed by atoms with Crippen molar-refractivity contribution in [3.63, 3.8) is 0 Å². The van der Waals surface area contributed by atoms with E-state index >= 15 is 0 Å². The van der Waals surface area contributed by atoms with Crippen LogP contribution in [0, 0.1) is 0 Å². The molecule has 0 heterocycles. The van der Waals surface area contributed by atoms with Crippen LogP contribution >= 0.6 is 0 Å². The molecule has 0 unspecified atom stereocenters. The average molecular weight is 402 g/mol. The SMILES string of the molecule is O=S(=O)(O)c1c(N=Nc2c(O)ccc3ccccc23)ccc2ccccc12.[NaH]. The van der Waals surface area contributed by atoms with Gasteiger partial charge in [0.1, 0.15) is 22.0 Å². The van der Waals surface area contributed by atoms with E-state index in [1.54, 1.807) is 48.5 Å². The van der Waals surface area contributed by atoms with E-state index in [1.807, 2.05) is 12.1 Å². The second-order valence-electron chi connectivity index (χ2n) is 5.96. The first-order valence-corrected chi connectivity index (χ1v) is 9.51. The molecule has 6 nitrogen and oxygen atoms in total. The molecule has 0 radical (unpaired) electrons. The molecule has 0 saturated heterocycles. The molecular formula is C20H15N2NaO4S. The van der Waals surface area contributed by atoms with Gasteiger partial charge in [0, 0.05) is 10.8 Å². The van der Waals surface area contributed by atoms with Crippen molar-refractivity contribution >= 4 is 72.6 Å². The number of phenolic OH excluding ortho intramolecular Hbond substituents is 1. The van der Waals surface area contributed by atoms with Gasteiger partial charge < -0.3 is 5.11 Å². The number of fused-ring (bicyclic) bond motifs is 2. The standard InChI is InChI=1S/C20H14N2O4S.Na.H/c23-18-12-10-13-5-1-3-7-15(13)19(18)22-21-17-11-9-14-6-2-4-8-16(14)20(17)27(24,25)26;;/h1-12,23H,(H,24,25,26);;. The summed E-state index contributed by atoms with van der Waals surface area (Å²) in [5, 5.41) is 20.8. The molecule has 0 atom stereocenters. The molecule has 28 heavy (non-hydrogen) atoms. The van der Waals surface area contributed by atoms with Gasteiger partial charge >= 0.3 is 29.6 Å². The van der Waals surface area contributed by atoms with E-state index in [4.69, 9.17) is 0 Å². The maximum atomic E-state index is 12.0. The van der Waals surface area contributed by atoms with Crippen LogP contribution in [0.15, 0.2) is 87.9 Å². The second kappa shape index (κ2) is 7.98. The second-order valence-corrected chi connectivity index (χ2v) is 7.32. The Labute approximate surface area is 183 Å². The van der Waals surface area contributed by atoms with Crippen molar-refractivity contribution in [1.29, 1.82) is 0 Å². The summed E-state index contributed by atoms with van der Waals surface area (Å²) in [6.07, 6.45) is 0. The van der Waals surface area contributed by atoms with E-state index in [-0.39, 0.29) is 51.6 Å². The van der Waals surface area contributed by atoms with Gasteiger partial charge in [-0.15, -0.1) is 10.2 Å². The van der Waals surface area contributed by atoms with Crippen molar-refractivity contribution in [2.75, 3.05) is 0 Å². The predicted octanol–water partition coefficient (Wildman–Crippen LogP) is 4.71. The van der Waals surface area contributed by atoms with Crippen LogP contribution in [-0.4, -0.2) is 47.6 Å². The van der Waals surface area contributed by atoms with Gasteiger partial charge in [-0.25, -0.2) is 0 Å². The predicted molar refractivity (Wildman–Crippen MR) is 111 cm³/mol. The molecule has 0 aliphatic rings. The molecular weight excluding hydrogens is 387 g/mol. The van der Waals surface area contributed by atoms with Gasteiger partial charge in [-0.2, -0.15) is 8.42 Å². The van der Waals surface area contributed by atoms with Crippen LogP contribution in [0.25, 0.3) is 21.5 Å². The zero-order valence-electron chi connectivity index (χ0n) is 13.9. The summed E-state index contributed by atoms with van der Waals surface area (Å²) < 4.78 is 33.6. The third-order valence-corrected chi connectivity index (χ3v) is 5.20. The first-order chi connectivity index (χ1) is 12.9. The van der Waals surface area contributed by atoms with Gasteiger partial charge in [-0.05, 0) is 22.9 Å². The number of hydrogen-bond acceptors (Lipinski definition) is 5. The minimum atomic E-state index is -4.53. The zero-order valence-corrected chi connectivity index (χ0v) is 14.8. The summed E-state index contributed by atoms with van der Waals surface area (Å²) in [7, 11) is -4.53. The Kier molecular flexibility index (Phi) is 5.83. The van der Waals surface area contributed by atoms with Crippen LogP contribution in [0.4, 0.5) is 11.4 Å². The summed E-state index contributed by atoms with van der Waals surface area (Å²) in [5.41, 5.74) is 0.214. The molecule has 136 valence electrons. The van der Waals surface area contributed by atoms with Crippen LogP contribution < -0.4 is 0 Å². The Bertz CT molecular complexity index is 1320. The fraction of sp³-hybridized carbons (Fsp3) is 0. The normalized spacial score (nSPS) is 11.8. The maximum absolute atomic E-state index is 12.0. The summed E-state index contributed by atoms with van der Waals surface area (Å²) in [5.74, 6) is -0.0772. The van der Waals surface area contributed by atoms with Gasteiger partial charge in [0.05, 0.1) is 0 Å². The Hall–Kier alpha value is -2.29. The Morgan fingerprint density at radius 1 is 0.714 bits per heavy atom. The van der Waals surface area contributed by atoms with Gasteiger partial charge in [0.2, 0.25) is 0 Å². The van der Waals surface area contributed by atoms with E-state index in [9.17, 15) is 18.1 Å². The van der Waals surface area contributed by atoms with Crippen molar-refractivity contribution in [1.82, 2.24) is 0 Å². The molecule has 0 aliphatic carbocycles. The minimum absolute atomic E-state index is 0. The Balaban J connectivity index is 0.00000225. The van der Waals surface area contributed by atoms with Crippen LogP contribution in [0.5, 0.6) is 5.75 Å². The fourth-order valence-corrected chi connectivity index (χ4v) is 3.87. The molecule has 0 bridgehead atoms. The Morgan fingerprint density at radius 3 is 1.96 bits per heavy atom. The molecule has 0 spiro atoms. The number of rotatable bonds is 3. The summed E-state index contributed by atoms with van der Waals surface area (Å²) in [6.45, 7) is 0. The number of aromatic hydroxyl groups is 1. The van der Waals surface area contributed by atoms with Crippen molar-refractivity contribution in [2.45, 2.75) is 4.90 Å². The molecule has 0 fully saturated rings. The Morgan fingerprint density at radius 2 is 1.29 bits per heavy atom. The van der Waals surface area contributed by atoms with Gasteiger partial charge in [0.15, 0.2) is 0 Å². The third kappa shape index (κ3) is 3.80. The molecule has 4 aromatic carbocycles.